The van der Waals surface area contributed by atoms with Crippen molar-refractivity contribution in [3.8, 4) is 22.5 Å². The Hall–Kier alpha value is -3.89. The number of aromatic nitrogens is 2. The smallest absolute Gasteiger partial charge is 0.121 e. The normalized spacial score (nSPS) is 13.6. The molecule has 0 atom stereocenters. The van der Waals surface area contributed by atoms with E-state index in [9.17, 15) is 0 Å². The zero-order valence-electron chi connectivity index (χ0n) is 32.2. The molecule has 0 saturated carbocycles. The first-order chi connectivity index (χ1) is 23.4. The summed E-state index contributed by atoms with van der Waals surface area (Å²) in [5.41, 5.74) is 5.10. The van der Waals surface area contributed by atoms with Gasteiger partial charge in [0, 0.05) is 40.6 Å². The summed E-state index contributed by atoms with van der Waals surface area (Å²) in [4.78, 5) is 8.82. The number of hydrogen-bond acceptors (Lipinski definition) is 3. The van der Waals surface area contributed by atoms with Crippen molar-refractivity contribution in [3.63, 3.8) is 0 Å². The van der Waals surface area contributed by atoms with Gasteiger partial charge in [-0.05, 0) is 57.3 Å². The Balaban J connectivity index is 0.000000211. The van der Waals surface area contributed by atoms with Crippen molar-refractivity contribution in [1.82, 2.24) is 9.97 Å². The number of furan rings is 1. The molecule has 0 amide bonds. The average Bonchev–Trinajstić information content (AvgIpc) is 3.42. The van der Waals surface area contributed by atoms with E-state index in [4.69, 9.17) is 11.3 Å². The molecule has 0 aliphatic carbocycles. The second-order valence-electron chi connectivity index (χ2n) is 12.7. The van der Waals surface area contributed by atoms with Gasteiger partial charge in [-0.1, -0.05) is 106 Å². The Kier molecular flexibility index (Phi) is 8.20. The van der Waals surface area contributed by atoms with Gasteiger partial charge >= 0.3 is 0 Å². The molecule has 0 spiro atoms. The summed E-state index contributed by atoms with van der Waals surface area (Å²) in [5.74, 6) is -1.82. The zero-order valence-corrected chi connectivity index (χ0v) is 30.6. The van der Waals surface area contributed by atoms with Gasteiger partial charge in [-0.3, -0.25) is 0 Å². The van der Waals surface area contributed by atoms with E-state index in [1.54, 1.807) is 19.9 Å². The largest absolute Gasteiger partial charge is 0.501 e. The molecule has 3 nitrogen and oxygen atoms in total. The van der Waals surface area contributed by atoms with E-state index in [1.165, 1.54) is 5.19 Å². The Bertz CT molecular complexity index is 2380. The van der Waals surface area contributed by atoms with Crippen molar-refractivity contribution >= 4 is 46.0 Å². The molecule has 3 heterocycles. The van der Waals surface area contributed by atoms with E-state index >= 15 is 0 Å². The SMILES string of the molecule is [2H]C(C)(C)c1cc(-c2[c-]cccc2)ncc1[Si](C)(C)C.[2H]c1nc(-c2[c-]ccc3c2oc2cc4ccccc4cc23)c([2H])c(C([2H])(C)C)c1[2H].[Ir]. The van der Waals surface area contributed by atoms with Crippen molar-refractivity contribution in [2.45, 2.75) is 59.1 Å². The Morgan fingerprint density at radius 1 is 0.804 bits per heavy atom. The van der Waals surface area contributed by atoms with Crippen LogP contribution >= 0.6 is 0 Å². The molecule has 0 bridgehead atoms. The van der Waals surface area contributed by atoms with Crippen LogP contribution in [-0.2, 0) is 20.1 Å². The molecule has 0 fully saturated rings. The first-order valence-electron chi connectivity index (χ1n) is 17.7. The van der Waals surface area contributed by atoms with Gasteiger partial charge in [0.2, 0.25) is 0 Å². The van der Waals surface area contributed by atoms with Crippen LogP contribution < -0.4 is 5.19 Å². The minimum atomic E-state index is -1.50. The van der Waals surface area contributed by atoms with Crippen molar-refractivity contribution in [1.29, 1.82) is 0 Å². The quantitative estimate of drug-likeness (QED) is 0.129. The van der Waals surface area contributed by atoms with Gasteiger partial charge in [-0.2, -0.15) is 0 Å². The van der Waals surface area contributed by atoms with Crippen LogP contribution in [0.25, 0.3) is 55.2 Å². The number of benzene rings is 4. The second-order valence-corrected chi connectivity index (χ2v) is 17.8. The molecule has 0 unspecified atom stereocenters. The summed E-state index contributed by atoms with van der Waals surface area (Å²) in [6.07, 6.45) is 1.72. The molecule has 7 aromatic rings. The fraction of sp³-hybridized carbons (Fsp3) is 0.220. The standard InChI is InChI=1S/C24H18NO.C17H22NSi.Ir/c1-15(2)16-10-11-25-22(13-16)20-9-5-8-19-21-12-17-6-3-4-7-18(17)14-23(21)26-24(19)20;1-13(2)15-11-16(14-9-7-6-8-10-14)18-12-17(15)19(3,4)5;/h3-8,10-15H,1-2H3;6-9,11-13H,1-5H3;/q2*-1;/i10D,11D,13D,15D;13D;. The summed E-state index contributed by atoms with van der Waals surface area (Å²) >= 11 is 0. The first-order valence-corrected chi connectivity index (χ1v) is 18.7. The van der Waals surface area contributed by atoms with E-state index in [1.807, 2.05) is 74.6 Å². The van der Waals surface area contributed by atoms with E-state index in [-0.39, 0.29) is 49.6 Å². The summed E-state index contributed by atoms with van der Waals surface area (Å²) in [6.45, 7) is 14.0. The van der Waals surface area contributed by atoms with Crippen LogP contribution in [0.3, 0.4) is 0 Å². The monoisotopic (exact) mass is 802 g/mol. The number of hydrogen-bond donors (Lipinski definition) is 0. The van der Waals surface area contributed by atoms with Crippen molar-refractivity contribution in [2.75, 3.05) is 0 Å². The average molecular weight is 802 g/mol. The van der Waals surface area contributed by atoms with Crippen molar-refractivity contribution in [3.05, 3.63) is 127 Å². The molecule has 0 saturated heterocycles. The molecule has 0 aliphatic heterocycles. The predicted octanol–water partition coefficient (Wildman–Crippen LogP) is 10.9. The van der Waals surface area contributed by atoms with Crippen LogP contribution in [-0.4, -0.2) is 18.0 Å². The first kappa shape index (κ1) is 27.2. The van der Waals surface area contributed by atoms with Gasteiger partial charge in [0.05, 0.1) is 17.8 Å². The second kappa shape index (κ2) is 13.8. The van der Waals surface area contributed by atoms with Crippen LogP contribution in [0.4, 0.5) is 0 Å². The molecule has 0 N–H and O–H groups in total. The number of rotatable bonds is 5. The van der Waals surface area contributed by atoms with Crippen LogP contribution in [0.15, 0.2) is 108 Å². The third-order valence-electron chi connectivity index (χ3n) is 7.86. The van der Waals surface area contributed by atoms with Gasteiger partial charge < -0.3 is 14.4 Å². The van der Waals surface area contributed by atoms with E-state index in [0.717, 1.165) is 43.9 Å². The fourth-order valence-electron chi connectivity index (χ4n) is 5.45. The topological polar surface area (TPSA) is 38.9 Å². The molecule has 5 heteroatoms. The third kappa shape index (κ3) is 6.93. The van der Waals surface area contributed by atoms with Crippen LogP contribution in [0.2, 0.25) is 19.6 Å². The Labute approximate surface area is 294 Å². The zero-order chi connectivity index (χ0) is 36.2. The summed E-state index contributed by atoms with van der Waals surface area (Å²) < 4.78 is 47.9. The molecule has 1 radical (unpaired) electrons. The molecule has 7 rings (SSSR count). The summed E-state index contributed by atoms with van der Waals surface area (Å²) in [6, 6.07) is 31.8. The number of nitrogens with zero attached hydrogens (tertiary/aromatic N) is 2. The molecular weight excluding hydrogens is 757 g/mol. The van der Waals surface area contributed by atoms with Crippen LogP contribution in [0.1, 0.15) is 57.5 Å². The third-order valence-corrected chi connectivity index (χ3v) is 9.88. The summed E-state index contributed by atoms with van der Waals surface area (Å²) in [7, 11) is -1.50. The summed E-state index contributed by atoms with van der Waals surface area (Å²) in [5, 5.41) is 5.27. The maximum atomic E-state index is 8.66. The molecule has 46 heavy (non-hydrogen) atoms. The minimum absolute atomic E-state index is 0. The number of fused-ring (bicyclic) bond motifs is 4. The molecule has 3 aromatic heterocycles. The fourth-order valence-corrected chi connectivity index (χ4v) is 7.04. The van der Waals surface area contributed by atoms with Gasteiger partial charge in [0.1, 0.15) is 5.58 Å². The maximum Gasteiger partial charge on any atom is 0.121 e. The van der Waals surface area contributed by atoms with Crippen molar-refractivity contribution in [2.24, 2.45) is 0 Å². The molecule has 4 aromatic carbocycles. The van der Waals surface area contributed by atoms with E-state index in [0.29, 0.717) is 11.1 Å². The molecule has 235 valence electrons. The van der Waals surface area contributed by atoms with Gasteiger partial charge in [-0.25, -0.2) is 0 Å². The van der Waals surface area contributed by atoms with E-state index < -0.39 is 19.9 Å². The predicted molar refractivity (Wildman–Crippen MR) is 193 cm³/mol. The van der Waals surface area contributed by atoms with Gasteiger partial charge in [0.25, 0.3) is 0 Å². The molecular formula is C41H40IrN2OSi-2. The van der Waals surface area contributed by atoms with Gasteiger partial charge in [0.15, 0.2) is 0 Å². The minimum Gasteiger partial charge on any atom is -0.501 e. The van der Waals surface area contributed by atoms with Crippen LogP contribution in [0.5, 0.6) is 0 Å². The van der Waals surface area contributed by atoms with E-state index in [2.05, 4.69) is 59.9 Å². The van der Waals surface area contributed by atoms with Gasteiger partial charge in [-0.15, -0.1) is 54.1 Å². The Morgan fingerprint density at radius 3 is 2.22 bits per heavy atom. The molecule has 0 aliphatic rings. The Morgan fingerprint density at radius 2 is 1.54 bits per heavy atom. The van der Waals surface area contributed by atoms with Crippen LogP contribution in [0, 0.1) is 12.1 Å². The maximum absolute atomic E-state index is 8.66. The van der Waals surface area contributed by atoms with Crippen molar-refractivity contribution < 1.29 is 31.4 Å². The number of pyridine rings is 2.